The second-order valence-corrected chi connectivity index (χ2v) is 4.79. The summed E-state index contributed by atoms with van der Waals surface area (Å²) in [5, 5.41) is 23.3. The fourth-order valence-electron chi connectivity index (χ4n) is 1.73. The number of hydrogen-bond acceptors (Lipinski definition) is 4. The van der Waals surface area contributed by atoms with Crippen molar-refractivity contribution in [3.05, 3.63) is 58.6 Å². The van der Waals surface area contributed by atoms with Gasteiger partial charge in [-0.3, -0.25) is 5.43 Å². The number of aromatic carboxylic acids is 1. The molecule has 0 fully saturated rings. The van der Waals surface area contributed by atoms with E-state index in [1.807, 2.05) is 0 Å². The highest BCUT2D eigenvalue weighted by atomic mass is 35.5. The van der Waals surface area contributed by atoms with Crippen LogP contribution in [0.1, 0.15) is 22.8 Å². The Kier molecular flexibility index (Phi) is 4.45. The largest absolute Gasteiger partial charge is 0.507 e. The number of hydrogen-bond donors (Lipinski definition) is 3. The van der Waals surface area contributed by atoms with Crippen molar-refractivity contribution in [2.24, 2.45) is 5.10 Å². The highest BCUT2D eigenvalue weighted by Crippen LogP contribution is 2.22. The predicted octanol–water partition coefficient (Wildman–Crippen LogP) is 3.58. The smallest absolute Gasteiger partial charge is 0.335 e. The third-order valence-electron chi connectivity index (χ3n) is 2.81. The van der Waals surface area contributed by atoms with E-state index >= 15 is 0 Å². The van der Waals surface area contributed by atoms with Crippen LogP contribution in [0, 0.1) is 0 Å². The zero-order valence-corrected chi connectivity index (χ0v) is 11.9. The van der Waals surface area contributed by atoms with E-state index in [-0.39, 0.29) is 11.3 Å². The van der Waals surface area contributed by atoms with Crippen LogP contribution in [-0.2, 0) is 0 Å². The van der Waals surface area contributed by atoms with Crippen molar-refractivity contribution in [1.82, 2.24) is 0 Å². The minimum atomic E-state index is -1.01. The minimum absolute atomic E-state index is 0.0711. The summed E-state index contributed by atoms with van der Waals surface area (Å²) >= 11 is 5.88. The summed E-state index contributed by atoms with van der Waals surface area (Å²) in [7, 11) is 0. The highest BCUT2D eigenvalue weighted by Gasteiger charge is 2.06. The van der Waals surface area contributed by atoms with Crippen LogP contribution in [0.15, 0.2) is 47.6 Å². The first kappa shape index (κ1) is 14.9. The van der Waals surface area contributed by atoms with Crippen molar-refractivity contribution in [1.29, 1.82) is 0 Å². The van der Waals surface area contributed by atoms with Crippen molar-refractivity contribution in [3.8, 4) is 5.75 Å². The van der Waals surface area contributed by atoms with Gasteiger partial charge in [-0.25, -0.2) is 4.79 Å². The summed E-state index contributed by atoms with van der Waals surface area (Å²) in [5.41, 5.74) is 4.49. The molecule has 0 radical (unpaired) electrons. The van der Waals surface area contributed by atoms with Gasteiger partial charge in [0.15, 0.2) is 0 Å². The van der Waals surface area contributed by atoms with Gasteiger partial charge in [0.2, 0.25) is 0 Å². The average molecular weight is 305 g/mol. The van der Waals surface area contributed by atoms with Gasteiger partial charge in [0.1, 0.15) is 5.75 Å². The lowest BCUT2D eigenvalue weighted by Gasteiger charge is -2.06. The molecule has 0 atom stereocenters. The molecule has 0 saturated heterocycles. The van der Waals surface area contributed by atoms with E-state index in [1.54, 1.807) is 31.2 Å². The first-order valence-corrected chi connectivity index (χ1v) is 6.47. The van der Waals surface area contributed by atoms with Crippen LogP contribution in [0.3, 0.4) is 0 Å². The molecule has 0 aliphatic carbocycles. The third-order valence-corrected chi connectivity index (χ3v) is 3.05. The van der Waals surface area contributed by atoms with Crippen molar-refractivity contribution < 1.29 is 15.0 Å². The number of nitrogens with one attached hydrogen (secondary N) is 1. The van der Waals surface area contributed by atoms with Crippen molar-refractivity contribution in [2.75, 3.05) is 5.43 Å². The van der Waals surface area contributed by atoms with Gasteiger partial charge in [-0.05, 0) is 43.3 Å². The summed E-state index contributed by atoms with van der Waals surface area (Å²) in [6.45, 7) is 1.71. The Morgan fingerprint density at radius 1 is 1.24 bits per heavy atom. The van der Waals surface area contributed by atoms with Crippen LogP contribution < -0.4 is 5.43 Å². The van der Waals surface area contributed by atoms with E-state index in [4.69, 9.17) is 16.7 Å². The van der Waals surface area contributed by atoms with E-state index in [9.17, 15) is 9.90 Å². The summed E-state index contributed by atoms with van der Waals surface area (Å²) in [6.07, 6.45) is 0. The maximum Gasteiger partial charge on any atom is 0.335 e. The molecule has 0 bridgehead atoms. The van der Waals surface area contributed by atoms with Crippen LogP contribution in [0.5, 0.6) is 5.75 Å². The van der Waals surface area contributed by atoms with Crippen molar-refractivity contribution in [2.45, 2.75) is 6.92 Å². The van der Waals surface area contributed by atoms with Crippen molar-refractivity contribution >= 4 is 29.0 Å². The lowest BCUT2D eigenvalue weighted by Crippen LogP contribution is -2.01. The third kappa shape index (κ3) is 3.73. The molecular weight excluding hydrogens is 292 g/mol. The first-order chi connectivity index (χ1) is 9.97. The van der Waals surface area contributed by atoms with Gasteiger partial charge in [0.05, 0.1) is 17.0 Å². The number of aromatic hydroxyl groups is 1. The molecule has 2 aromatic rings. The quantitative estimate of drug-likeness (QED) is 0.595. The molecule has 2 rings (SSSR count). The Bertz CT molecular complexity index is 714. The molecule has 0 aliphatic heterocycles. The number of halogens is 1. The SMILES string of the molecule is C/C(=N/Nc1cccc(C(=O)O)c1)c1cc(Cl)ccc1O. The molecule has 0 aromatic heterocycles. The maximum atomic E-state index is 10.9. The molecule has 3 N–H and O–H groups in total. The number of phenols is 1. The van der Waals surface area contributed by atoms with Gasteiger partial charge >= 0.3 is 5.97 Å². The summed E-state index contributed by atoms with van der Waals surface area (Å²) < 4.78 is 0. The lowest BCUT2D eigenvalue weighted by atomic mass is 10.1. The number of hydrazone groups is 1. The zero-order chi connectivity index (χ0) is 15.4. The number of anilines is 1. The van der Waals surface area contributed by atoms with E-state index in [0.29, 0.717) is 22.0 Å². The van der Waals surface area contributed by atoms with Gasteiger partial charge in [0, 0.05) is 10.6 Å². The Labute approximate surface area is 126 Å². The molecule has 0 saturated carbocycles. The summed E-state index contributed by atoms with van der Waals surface area (Å²) in [6, 6.07) is 10.9. The van der Waals surface area contributed by atoms with Crippen molar-refractivity contribution in [3.63, 3.8) is 0 Å². The Hall–Kier alpha value is -2.53. The standard InChI is InChI=1S/C15H13ClN2O3/c1-9(13-8-11(16)5-6-14(13)19)17-18-12-4-2-3-10(7-12)15(20)21/h2-8,18-19H,1H3,(H,20,21)/b17-9-. The molecule has 0 heterocycles. The monoisotopic (exact) mass is 304 g/mol. The molecule has 0 unspecified atom stereocenters. The minimum Gasteiger partial charge on any atom is -0.507 e. The van der Waals surface area contributed by atoms with Crippen LogP contribution >= 0.6 is 11.6 Å². The van der Waals surface area contributed by atoms with Crippen LogP contribution in [0.4, 0.5) is 5.69 Å². The van der Waals surface area contributed by atoms with Gasteiger partial charge in [-0.2, -0.15) is 5.10 Å². The van der Waals surface area contributed by atoms with Gasteiger partial charge in [-0.15, -0.1) is 0 Å². The molecule has 0 amide bonds. The number of carboxylic acids is 1. The number of carboxylic acid groups (broad SMARTS) is 1. The molecular formula is C15H13ClN2O3. The number of carbonyl (C=O) groups is 1. The number of rotatable bonds is 4. The normalized spacial score (nSPS) is 11.2. The Morgan fingerprint density at radius 2 is 2.00 bits per heavy atom. The average Bonchev–Trinajstić information content (AvgIpc) is 2.47. The number of nitrogens with zero attached hydrogens (tertiary/aromatic N) is 1. The van der Waals surface area contributed by atoms with E-state index < -0.39 is 5.97 Å². The molecule has 2 aromatic carbocycles. The van der Waals surface area contributed by atoms with Gasteiger partial charge in [0.25, 0.3) is 0 Å². The first-order valence-electron chi connectivity index (χ1n) is 6.10. The molecule has 5 nitrogen and oxygen atoms in total. The van der Waals surface area contributed by atoms with Crippen LogP contribution in [-0.4, -0.2) is 21.9 Å². The second kappa shape index (κ2) is 6.28. The zero-order valence-electron chi connectivity index (χ0n) is 11.2. The van der Waals surface area contributed by atoms with Crippen LogP contribution in [0.2, 0.25) is 5.02 Å². The topological polar surface area (TPSA) is 81.9 Å². The molecule has 0 aliphatic rings. The maximum absolute atomic E-state index is 10.9. The predicted molar refractivity (Wildman–Crippen MR) is 82.4 cm³/mol. The Balaban J connectivity index is 2.22. The fraction of sp³-hybridized carbons (Fsp3) is 0.0667. The lowest BCUT2D eigenvalue weighted by molar-refractivity contribution is 0.0697. The molecule has 21 heavy (non-hydrogen) atoms. The van der Waals surface area contributed by atoms with Gasteiger partial charge in [-0.1, -0.05) is 17.7 Å². The highest BCUT2D eigenvalue weighted by molar-refractivity contribution is 6.31. The Morgan fingerprint density at radius 3 is 2.71 bits per heavy atom. The summed E-state index contributed by atoms with van der Waals surface area (Å²) in [5.74, 6) is -0.937. The number of benzene rings is 2. The summed E-state index contributed by atoms with van der Waals surface area (Å²) in [4.78, 5) is 10.9. The number of phenolic OH excluding ortho intramolecular Hbond substituents is 1. The van der Waals surface area contributed by atoms with E-state index in [2.05, 4.69) is 10.5 Å². The second-order valence-electron chi connectivity index (χ2n) is 4.36. The van der Waals surface area contributed by atoms with Crippen LogP contribution in [0.25, 0.3) is 0 Å². The molecule has 0 spiro atoms. The van der Waals surface area contributed by atoms with E-state index in [1.165, 1.54) is 18.2 Å². The molecule has 6 heteroatoms. The molecule has 108 valence electrons. The fourth-order valence-corrected chi connectivity index (χ4v) is 1.90. The van der Waals surface area contributed by atoms with E-state index in [0.717, 1.165) is 0 Å². The van der Waals surface area contributed by atoms with Gasteiger partial charge < -0.3 is 10.2 Å².